The number of nitrogens with zero attached hydrogens (tertiary/aromatic N) is 3. The quantitative estimate of drug-likeness (QED) is 0.427. The van der Waals surface area contributed by atoms with Crippen molar-refractivity contribution in [1.82, 2.24) is 10.5 Å². The van der Waals surface area contributed by atoms with Crippen molar-refractivity contribution in [2.75, 3.05) is 0 Å². The SMILES string of the molecule is CC1(C)C(c2ccco2)=[N+]([O-])[C@@]2(CCCCC2=NNC(N)=O)N1O. The molecule has 3 rings (SSSR count). The van der Waals surface area contributed by atoms with Crippen molar-refractivity contribution < 1.29 is 19.2 Å². The maximum absolute atomic E-state index is 13.3. The molecule has 1 aromatic heterocycles. The summed E-state index contributed by atoms with van der Waals surface area (Å²) >= 11 is 0. The lowest BCUT2D eigenvalue weighted by Gasteiger charge is -2.38. The Kier molecular flexibility index (Phi) is 3.84. The first-order chi connectivity index (χ1) is 11.3. The Bertz CT molecular complexity index is 709. The fourth-order valence-electron chi connectivity index (χ4n) is 3.62. The van der Waals surface area contributed by atoms with Gasteiger partial charge in [0.1, 0.15) is 11.3 Å². The lowest BCUT2D eigenvalue weighted by Crippen LogP contribution is -2.61. The van der Waals surface area contributed by atoms with Crippen LogP contribution in [-0.2, 0) is 0 Å². The Balaban J connectivity index is 2.17. The van der Waals surface area contributed by atoms with E-state index in [0.717, 1.165) is 22.6 Å². The third-order valence-electron chi connectivity index (χ3n) is 4.71. The first-order valence-electron chi connectivity index (χ1n) is 7.82. The number of rotatable bonds is 2. The lowest BCUT2D eigenvalue weighted by molar-refractivity contribution is -0.568. The number of hydrogen-bond acceptors (Lipinski definition) is 6. The summed E-state index contributed by atoms with van der Waals surface area (Å²) in [5.41, 5.74) is 5.56. The summed E-state index contributed by atoms with van der Waals surface area (Å²) in [6.45, 7) is 3.47. The molecule has 2 heterocycles. The van der Waals surface area contributed by atoms with Crippen LogP contribution in [0.15, 0.2) is 27.9 Å². The molecule has 1 aliphatic heterocycles. The number of furan rings is 1. The maximum Gasteiger partial charge on any atom is 0.332 e. The Morgan fingerprint density at radius 1 is 1.54 bits per heavy atom. The number of nitrogens with one attached hydrogen (secondary N) is 1. The molecule has 1 fully saturated rings. The van der Waals surface area contributed by atoms with E-state index in [1.807, 2.05) is 0 Å². The van der Waals surface area contributed by atoms with E-state index in [9.17, 15) is 15.2 Å². The summed E-state index contributed by atoms with van der Waals surface area (Å²) in [6, 6.07) is 2.54. The van der Waals surface area contributed by atoms with Crippen LogP contribution in [0.5, 0.6) is 0 Å². The van der Waals surface area contributed by atoms with Gasteiger partial charge in [-0.25, -0.2) is 10.2 Å². The number of carbonyl (C=O) groups is 1. The molecule has 4 N–H and O–H groups in total. The molecule has 1 aromatic rings. The molecule has 0 unspecified atom stereocenters. The highest BCUT2D eigenvalue weighted by Gasteiger charge is 2.66. The molecule has 1 aliphatic carbocycles. The first-order valence-corrected chi connectivity index (χ1v) is 7.82. The van der Waals surface area contributed by atoms with Gasteiger partial charge in [0.25, 0.3) is 11.4 Å². The number of urea groups is 1. The summed E-state index contributed by atoms with van der Waals surface area (Å²) in [6.07, 6.45) is 3.87. The predicted octanol–water partition coefficient (Wildman–Crippen LogP) is 1.36. The van der Waals surface area contributed by atoms with E-state index in [1.54, 1.807) is 26.0 Å². The largest absolute Gasteiger partial charge is 0.622 e. The summed E-state index contributed by atoms with van der Waals surface area (Å²) in [7, 11) is 0. The molecule has 2 aliphatic rings. The van der Waals surface area contributed by atoms with Crippen LogP contribution in [0.2, 0.25) is 0 Å². The van der Waals surface area contributed by atoms with E-state index >= 15 is 0 Å². The average Bonchev–Trinajstić information content (AvgIpc) is 3.09. The first kappa shape index (κ1) is 16.5. The molecule has 0 radical (unpaired) electrons. The molecule has 0 saturated heterocycles. The average molecular weight is 335 g/mol. The molecule has 9 nitrogen and oxygen atoms in total. The van der Waals surface area contributed by atoms with E-state index in [2.05, 4.69) is 10.5 Å². The van der Waals surface area contributed by atoms with Crippen LogP contribution in [0.25, 0.3) is 0 Å². The smallest absolute Gasteiger partial charge is 0.332 e. The molecular formula is C15H21N5O4. The Labute approximate surface area is 139 Å². The Morgan fingerprint density at radius 3 is 2.92 bits per heavy atom. The van der Waals surface area contributed by atoms with Gasteiger partial charge in [0.2, 0.25) is 0 Å². The fraction of sp³-hybridized carbons (Fsp3) is 0.533. The van der Waals surface area contributed by atoms with E-state index in [1.165, 1.54) is 6.26 Å². The molecule has 1 spiro atoms. The van der Waals surface area contributed by atoms with Gasteiger partial charge in [0.05, 0.1) is 6.26 Å². The van der Waals surface area contributed by atoms with Gasteiger partial charge >= 0.3 is 6.03 Å². The Hall–Kier alpha value is -2.39. The van der Waals surface area contributed by atoms with Gasteiger partial charge in [-0.1, -0.05) is 0 Å². The number of primary amides is 1. The zero-order valence-corrected chi connectivity index (χ0v) is 13.7. The second-order valence-electron chi connectivity index (χ2n) is 6.55. The topological polar surface area (TPSA) is 130 Å². The normalized spacial score (nSPS) is 28.7. The molecule has 1 atom stereocenters. The van der Waals surface area contributed by atoms with Gasteiger partial charge in [0.15, 0.2) is 5.76 Å². The molecule has 0 bridgehead atoms. The maximum atomic E-state index is 13.3. The van der Waals surface area contributed by atoms with Crippen molar-refractivity contribution in [1.29, 1.82) is 0 Å². The van der Waals surface area contributed by atoms with Gasteiger partial charge < -0.3 is 20.6 Å². The van der Waals surface area contributed by atoms with Crippen LogP contribution >= 0.6 is 0 Å². The van der Waals surface area contributed by atoms with Crippen LogP contribution in [0.3, 0.4) is 0 Å². The van der Waals surface area contributed by atoms with Crippen molar-refractivity contribution in [3.63, 3.8) is 0 Å². The van der Waals surface area contributed by atoms with Crippen LogP contribution in [0.1, 0.15) is 45.3 Å². The lowest BCUT2D eigenvalue weighted by atomic mass is 9.86. The van der Waals surface area contributed by atoms with Gasteiger partial charge in [-0.15, -0.1) is 5.06 Å². The zero-order valence-electron chi connectivity index (χ0n) is 13.7. The summed E-state index contributed by atoms with van der Waals surface area (Å²) in [4.78, 5) is 11.0. The molecule has 24 heavy (non-hydrogen) atoms. The van der Waals surface area contributed by atoms with E-state index in [-0.39, 0.29) is 0 Å². The minimum atomic E-state index is -1.38. The number of amides is 2. The minimum Gasteiger partial charge on any atom is -0.622 e. The highest BCUT2D eigenvalue weighted by Crippen LogP contribution is 2.42. The number of hydrogen-bond donors (Lipinski definition) is 3. The Morgan fingerprint density at radius 2 is 2.29 bits per heavy atom. The molecule has 2 amide bonds. The van der Waals surface area contributed by atoms with Gasteiger partial charge in [-0.2, -0.15) is 9.84 Å². The summed E-state index contributed by atoms with van der Waals surface area (Å²) in [5.74, 6) is 0.388. The molecule has 9 heteroatoms. The number of hydrazone groups is 1. The van der Waals surface area contributed by atoms with Crippen molar-refractivity contribution >= 4 is 17.5 Å². The number of hydroxylamine groups is 3. The zero-order chi connectivity index (χ0) is 17.5. The number of nitrogens with two attached hydrogens (primary N) is 1. The standard InChI is InChI=1S/C15H21N5O4/c1-14(2)12(10-6-5-9-24-10)19(22)15(20(14)23)8-4-3-7-11(15)17-18-13(16)21/h5-6,9,23H,3-4,7-8H2,1-2H3,(H3,16,18,21)/t15-/m0/s1. The van der Waals surface area contributed by atoms with E-state index in [0.29, 0.717) is 30.0 Å². The molecule has 130 valence electrons. The second-order valence-corrected chi connectivity index (χ2v) is 6.55. The fourth-order valence-corrected chi connectivity index (χ4v) is 3.62. The summed E-state index contributed by atoms with van der Waals surface area (Å²) < 4.78 is 6.15. The van der Waals surface area contributed by atoms with Crippen LogP contribution < -0.4 is 11.2 Å². The van der Waals surface area contributed by atoms with Crippen LogP contribution in [-0.4, -0.2) is 43.7 Å². The van der Waals surface area contributed by atoms with E-state index < -0.39 is 17.2 Å². The van der Waals surface area contributed by atoms with Crippen molar-refractivity contribution in [3.05, 3.63) is 29.4 Å². The van der Waals surface area contributed by atoms with Crippen molar-refractivity contribution in [2.24, 2.45) is 10.8 Å². The van der Waals surface area contributed by atoms with Gasteiger partial charge in [-0.3, -0.25) is 0 Å². The van der Waals surface area contributed by atoms with Gasteiger partial charge in [-0.05, 0) is 45.2 Å². The second kappa shape index (κ2) is 5.60. The molecule has 0 aromatic carbocycles. The summed E-state index contributed by atoms with van der Waals surface area (Å²) in [5, 5.41) is 29.2. The van der Waals surface area contributed by atoms with Crippen LogP contribution in [0.4, 0.5) is 4.79 Å². The highest BCUT2D eigenvalue weighted by molar-refractivity contribution is 6.05. The van der Waals surface area contributed by atoms with Crippen LogP contribution in [0, 0.1) is 5.21 Å². The van der Waals surface area contributed by atoms with Gasteiger partial charge in [0, 0.05) is 6.42 Å². The van der Waals surface area contributed by atoms with E-state index in [4.69, 9.17) is 10.2 Å². The minimum absolute atomic E-state index is 0.309. The third-order valence-corrected chi connectivity index (χ3v) is 4.71. The highest BCUT2D eigenvalue weighted by atomic mass is 16.6. The van der Waals surface area contributed by atoms with Crippen molar-refractivity contribution in [2.45, 2.75) is 50.7 Å². The number of carbonyl (C=O) groups excluding carboxylic acids is 1. The van der Waals surface area contributed by atoms with Crippen molar-refractivity contribution in [3.8, 4) is 0 Å². The predicted molar refractivity (Wildman–Crippen MR) is 85.5 cm³/mol. The molecule has 1 saturated carbocycles. The monoisotopic (exact) mass is 335 g/mol. The third kappa shape index (κ3) is 2.20. The molecular weight excluding hydrogens is 314 g/mol.